The maximum atomic E-state index is 12.6. The summed E-state index contributed by atoms with van der Waals surface area (Å²) >= 11 is 5.99. The van der Waals surface area contributed by atoms with Crippen LogP contribution in [0.15, 0.2) is 23.4 Å². The summed E-state index contributed by atoms with van der Waals surface area (Å²) in [6.45, 7) is 6.48. The maximum Gasteiger partial charge on any atom is 0.243 e. The molecule has 3 unspecified atom stereocenters. The van der Waals surface area contributed by atoms with Gasteiger partial charge in [-0.15, -0.1) is 0 Å². The van der Waals surface area contributed by atoms with E-state index in [2.05, 4.69) is 30.5 Å². The molecule has 1 saturated carbocycles. The van der Waals surface area contributed by atoms with Gasteiger partial charge in [-0.05, 0) is 36.7 Å². The zero-order valence-electron chi connectivity index (χ0n) is 12.7. The van der Waals surface area contributed by atoms with Crippen LogP contribution >= 0.6 is 11.6 Å². The smallest absolute Gasteiger partial charge is 0.243 e. The largest absolute Gasteiger partial charge is 0.263 e. The molecule has 1 fully saturated rings. The summed E-state index contributed by atoms with van der Waals surface area (Å²) in [5, 5.41) is 0.211. The highest BCUT2D eigenvalue weighted by molar-refractivity contribution is 7.89. The Morgan fingerprint density at radius 3 is 2.71 bits per heavy atom. The highest BCUT2D eigenvalue weighted by Gasteiger charge is 2.34. The van der Waals surface area contributed by atoms with Crippen molar-refractivity contribution in [2.24, 2.45) is 17.8 Å². The van der Waals surface area contributed by atoms with Gasteiger partial charge in [0, 0.05) is 18.4 Å². The fourth-order valence-electron chi connectivity index (χ4n) is 3.16. The Labute approximate surface area is 132 Å². The molecular formula is C15H23ClN2O2S. The third-order valence-corrected chi connectivity index (χ3v) is 6.31. The van der Waals surface area contributed by atoms with Gasteiger partial charge in [0.15, 0.2) is 0 Å². The topological polar surface area (TPSA) is 59.1 Å². The molecule has 0 aromatic carbocycles. The van der Waals surface area contributed by atoms with E-state index < -0.39 is 10.0 Å². The second kappa shape index (κ2) is 6.63. The SMILES string of the molecule is CC1CCC(C(C)C)C(NS(=O)(=O)c2cnccc2Cl)C1. The molecule has 4 nitrogen and oxygen atoms in total. The minimum Gasteiger partial charge on any atom is -0.263 e. The lowest BCUT2D eigenvalue weighted by Crippen LogP contribution is -2.45. The third kappa shape index (κ3) is 3.96. The molecule has 1 aliphatic rings. The van der Waals surface area contributed by atoms with E-state index in [1.807, 2.05) is 0 Å². The minimum atomic E-state index is -3.62. The fraction of sp³-hybridized carbons (Fsp3) is 0.667. The van der Waals surface area contributed by atoms with Crippen molar-refractivity contribution in [3.63, 3.8) is 0 Å². The van der Waals surface area contributed by atoms with Crippen LogP contribution in [0, 0.1) is 17.8 Å². The number of pyridine rings is 1. The van der Waals surface area contributed by atoms with E-state index in [9.17, 15) is 8.42 Å². The van der Waals surface area contributed by atoms with Gasteiger partial charge in [0.2, 0.25) is 10.0 Å². The quantitative estimate of drug-likeness (QED) is 0.919. The predicted molar refractivity (Wildman–Crippen MR) is 84.7 cm³/mol. The molecule has 0 spiro atoms. The van der Waals surface area contributed by atoms with Gasteiger partial charge in [-0.25, -0.2) is 13.1 Å². The molecule has 1 aromatic rings. The number of nitrogens with one attached hydrogen (secondary N) is 1. The standard InChI is InChI=1S/C15H23ClN2O2S/c1-10(2)12-5-4-11(3)8-14(12)18-21(19,20)15-9-17-7-6-13(15)16/h6-7,9-12,14,18H,4-5,8H2,1-3H3. The summed E-state index contributed by atoms with van der Waals surface area (Å²) < 4.78 is 28.0. The van der Waals surface area contributed by atoms with Crippen molar-refractivity contribution < 1.29 is 8.42 Å². The van der Waals surface area contributed by atoms with Crippen LogP contribution in [-0.2, 0) is 10.0 Å². The third-order valence-electron chi connectivity index (χ3n) is 4.35. The molecule has 0 radical (unpaired) electrons. The molecule has 0 saturated heterocycles. The fourth-order valence-corrected chi connectivity index (χ4v) is 4.89. The Hall–Kier alpha value is -0.650. The maximum absolute atomic E-state index is 12.6. The molecule has 0 bridgehead atoms. The van der Waals surface area contributed by atoms with E-state index in [1.54, 1.807) is 0 Å². The van der Waals surface area contributed by atoms with Gasteiger partial charge < -0.3 is 0 Å². The van der Waals surface area contributed by atoms with Gasteiger partial charge in [-0.3, -0.25) is 4.98 Å². The van der Waals surface area contributed by atoms with Crippen LogP contribution in [0.4, 0.5) is 0 Å². The molecule has 1 N–H and O–H groups in total. The Morgan fingerprint density at radius 2 is 2.10 bits per heavy atom. The second-order valence-electron chi connectivity index (χ2n) is 6.36. The number of nitrogens with zero attached hydrogens (tertiary/aromatic N) is 1. The zero-order chi connectivity index (χ0) is 15.6. The first-order chi connectivity index (χ1) is 9.81. The van der Waals surface area contributed by atoms with E-state index >= 15 is 0 Å². The molecule has 118 valence electrons. The lowest BCUT2D eigenvalue weighted by Gasteiger charge is -2.37. The average molecular weight is 331 g/mol. The Kier molecular flexibility index (Phi) is 5.28. The van der Waals surface area contributed by atoms with Crippen LogP contribution in [0.5, 0.6) is 0 Å². The van der Waals surface area contributed by atoms with Crippen molar-refractivity contribution in [1.29, 1.82) is 0 Å². The van der Waals surface area contributed by atoms with E-state index in [-0.39, 0.29) is 16.0 Å². The van der Waals surface area contributed by atoms with Crippen molar-refractivity contribution >= 4 is 21.6 Å². The van der Waals surface area contributed by atoms with Gasteiger partial charge in [-0.1, -0.05) is 38.8 Å². The van der Waals surface area contributed by atoms with Crippen molar-refractivity contribution in [2.75, 3.05) is 0 Å². The van der Waals surface area contributed by atoms with Gasteiger partial charge in [0.25, 0.3) is 0 Å². The van der Waals surface area contributed by atoms with Crippen LogP contribution in [0.1, 0.15) is 40.0 Å². The van der Waals surface area contributed by atoms with Gasteiger partial charge in [-0.2, -0.15) is 0 Å². The van der Waals surface area contributed by atoms with Crippen LogP contribution in [0.3, 0.4) is 0 Å². The molecule has 0 aliphatic heterocycles. The lowest BCUT2D eigenvalue weighted by atomic mass is 9.74. The molecule has 1 heterocycles. The highest BCUT2D eigenvalue weighted by Crippen LogP contribution is 2.34. The summed E-state index contributed by atoms with van der Waals surface area (Å²) in [7, 11) is -3.62. The monoisotopic (exact) mass is 330 g/mol. The molecule has 2 rings (SSSR count). The minimum absolute atomic E-state index is 0.0324. The Morgan fingerprint density at radius 1 is 1.38 bits per heavy atom. The normalized spacial score (nSPS) is 27.0. The van der Waals surface area contributed by atoms with Crippen molar-refractivity contribution in [1.82, 2.24) is 9.71 Å². The second-order valence-corrected chi connectivity index (χ2v) is 8.45. The van der Waals surface area contributed by atoms with Crippen LogP contribution in [0.2, 0.25) is 5.02 Å². The summed E-state index contributed by atoms with van der Waals surface area (Å²) in [6.07, 6.45) is 5.89. The van der Waals surface area contributed by atoms with E-state index in [0.717, 1.165) is 19.3 Å². The molecule has 0 amide bonds. The number of rotatable bonds is 4. The number of hydrogen-bond acceptors (Lipinski definition) is 3. The average Bonchev–Trinajstić information content (AvgIpc) is 2.38. The van der Waals surface area contributed by atoms with Gasteiger partial charge in [0.05, 0.1) is 5.02 Å². The van der Waals surface area contributed by atoms with Crippen LogP contribution in [0.25, 0.3) is 0 Å². The molecule has 21 heavy (non-hydrogen) atoms. The number of hydrogen-bond donors (Lipinski definition) is 1. The Balaban J connectivity index is 2.23. The molecule has 1 aromatic heterocycles. The van der Waals surface area contributed by atoms with E-state index in [4.69, 9.17) is 11.6 Å². The first-order valence-electron chi connectivity index (χ1n) is 7.43. The summed E-state index contributed by atoms with van der Waals surface area (Å²) in [5.41, 5.74) is 0. The summed E-state index contributed by atoms with van der Waals surface area (Å²) in [6, 6.07) is 1.47. The number of halogens is 1. The molecule has 1 aliphatic carbocycles. The summed E-state index contributed by atoms with van der Waals surface area (Å²) in [4.78, 5) is 3.93. The summed E-state index contributed by atoms with van der Waals surface area (Å²) in [5.74, 6) is 1.36. The Bertz CT molecular complexity index is 589. The van der Waals surface area contributed by atoms with Crippen LogP contribution < -0.4 is 4.72 Å². The molecule has 6 heteroatoms. The zero-order valence-corrected chi connectivity index (χ0v) is 14.3. The lowest BCUT2D eigenvalue weighted by molar-refractivity contribution is 0.188. The molecule has 3 atom stereocenters. The van der Waals surface area contributed by atoms with Gasteiger partial charge in [0.1, 0.15) is 4.90 Å². The number of aromatic nitrogens is 1. The van der Waals surface area contributed by atoms with Crippen molar-refractivity contribution in [2.45, 2.75) is 51.0 Å². The number of sulfonamides is 1. The molecular weight excluding hydrogens is 308 g/mol. The van der Waals surface area contributed by atoms with Gasteiger partial charge >= 0.3 is 0 Å². The highest BCUT2D eigenvalue weighted by atomic mass is 35.5. The van der Waals surface area contributed by atoms with Crippen molar-refractivity contribution in [3.8, 4) is 0 Å². The van der Waals surface area contributed by atoms with E-state index in [1.165, 1.54) is 18.5 Å². The first kappa shape index (κ1) is 16.7. The predicted octanol–water partition coefficient (Wildman–Crippen LogP) is 3.47. The first-order valence-corrected chi connectivity index (χ1v) is 9.29. The van der Waals surface area contributed by atoms with Crippen molar-refractivity contribution in [3.05, 3.63) is 23.5 Å². The van der Waals surface area contributed by atoms with E-state index in [0.29, 0.717) is 17.8 Å². The van der Waals surface area contributed by atoms with Crippen LogP contribution in [-0.4, -0.2) is 19.4 Å².